The SMILES string of the molecule is CC(C)C(=O)N1N=C(c2c(-c3ccccc3)c3cc(Cl)ccc3[nH]c2=O)CC1c1ccc2c(c1)OCO2. The Balaban J connectivity index is 1.55. The monoisotopic (exact) mass is 513 g/mol. The first-order valence-electron chi connectivity index (χ1n) is 12.1. The van der Waals surface area contributed by atoms with Gasteiger partial charge in [-0.3, -0.25) is 9.59 Å². The van der Waals surface area contributed by atoms with E-state index < -0.39 is 6.04 Å². The Kier molecular flexibility index (Phi) is 5.72. The average Bonchev–Trinajstić information content (AvgIpc) is 3.55. The first-order chi connectivity index (χ1) is 17.9. The van der Waals surface area contributed by atoms with Crippen LogP contribution in [0.5, 0.6) is 11.5 Å². The number of carbonyl (C=O) groups is 1. The lowest BCUT2D eigenvalue weighted by atomic mass is 9.91. The van der Waals surface area contributed by atoms with Crippen LogP contribution in [0.2, 0.25) is 5.02 Å². The molecule has 186 valence electrons. The first-order valence-corrected chi connectivity index (χ1v) is 12.5. The van der Waals surface area contributed by atoms with Crippen LogP contribution in [0.4, 0.5) is 0 Å². The van der Waals surface area contributed by atoms with Crippen LogP contribution in [0.15, 0.2) is 76.6 Å². The summed E-state index contributed by atoms with van der Waals surface area (Å²) >= 11 is 6.38. The Morgan fingerprint density at radius 2 is 1.81 bits per heavy atom. The molecular formula is C29H24ClN3O4. The summed E-state index contributed by atoms with van der Waals surface area (Å²) in [7, 11) is 0. The molecule has 0 fully saturated rings. The highest BCUT2D eigenvalue weighted by atomic mass is 35.5. The number of nitrogens with zero attached hydrogens (tertiary/aromatic N) is 2. The molecule has 0 aliphatic carbocycles. The molecule has 6 rings (SSSR count). The van der Waals surface area contributed by atoms with Crippen molar-refractivity contribution < 1.29 is 14.3 Å². The van der Waals surface area contributed by atoms with E-state index in [0.29, 0.717) is 39.7 Å². The summed E-state index contributed by atoms with van der Waals surface area (Å²) in [6.45, 7) is 3.84. The Morgan fingerprint density at radius 3 is 2.59 bits per heavy atom. The van der Waals surface area contributed by atoms with Gasteiger partial charge in [0.1, 0.15) is 0 Å². The summed E-state index contributed by atoms with van der Waals surface area (Å²) < 4.78 is 11.0. The number of fused-ring (bicyclic) bond motifs is 2. The van der Waals surface area contributed by atoms with E-state index in [0.717, 1.165) is 22.1 Å². The van der Waals surface area contributed by atoms with Crippen LogP contribution in [-0.4, -0.2) is 28.4 Å². The number of amides is 1. The van der Waals surface area contributed by atoms with Gasteiger partial charge in [-0.2, -0.15) is 5.10 Å². The van der Waals surface area contributed by atoms with Crippen molar-refractivity contribution in [1.29, 1.82) is 0 Å². The molecule has 4 aromatic rings. The van der Waals surface area contributed by atoms with Gasteiger partial charge < -0.3 is 14.5 Å². The quantitative estimate of drug-likeness (QED) is 0.367. The van der Waals surface area contributed by atoms with E-state index in [1.165, 1.54) is 5.01 Å². The van der Waals surface area contributed by atoms with E-state index in [2.05, 4.69) is 4.98 Å². The van der Waals surface area contributed by atoms with Crippen LogP contribution < -0.4 is 15.0 Å². The van der Waals surface area contributed by atoms with Gasteiger partial charge in [-0.05, 0) is 41.5 Å². The topological polar surface area (TPSA) is 84.0 Å². The zero-order chi connectivity index (χ0) is 25.7. The number of H-pyrrole nitrogens is 1. The molecule has 1 unspecified atom stereocenters. The smallest absolute Gasteiger partial charge is 0.258 e. The van der Waals surface area contributed by atoms with E-state index in [1.807, 2.05) is 68.4 Å². The Labute approximate surface area is 218 Å². The third-order valence-corrected chi connectivity index (χ3v) is 6.97. The summed E-state index contributed by atoms with van der Waals surface area (Å²) in [4.78, 5) is 29.9. The van der Waals surface area contributed by atoms with Crippen molar-refractivity contribution in [1.82, 2.24) is 9.99 Å². The molecule has 2 aliphatic heterocycles. The normalized spacial score (nSPS) is 16.5. The fourth-order valence-electron chi connectivity index (χ4n) is 4.95. The van der Waals surface area contributed by atoms with E-state index in [1.54, 1.807) is 12.1 Å². The number of carbonyl (C=O) groups excluding carboxylic acids is 1. The van der Waals surface area contributed by atoms with Gasteiger partial charge in [0.05, 0.1) is 17.3 Å². The third kappa shape index (κ3) is 4.05. The molecule has 0 bridgehead atoms. The second kappa shape index (κ2) is 9.09. The lowest BCUT2D eigenvalue weighted by Crippen LogP contribution is -2.30. The van der Waals surface area contributed by atoms with Crippen molar-refractivity contribution in [2.75, 3.05) is 6.79 Å². The molecule has 1 atom stereocenters. The number of benzene rings is 3. The summed E-state index contributed by atoms with van der Waals surface area (Å²) in [5.74, 6) is 0.894. The zero-order valence-electron chi connectivity index (χ0n) is 20.3. The molecule has 7 nitrogen and oxygen atoms in total. The highest BCUT2D eigenvalue weighted by Crippen LogP contribution is 2.41. The average molecular weight is 514 g/mol. The number of hydrazone groups is 1. The molecule has 1 N–H and O–H groups in total. The number of nitrogens with one attached hydrogen (secondary N) is 1. The molecule has 0 saturated carbocycles. The molecule has 3 aromatic carbocycles. The molecule has 0 radical (unpaired) electrons. The van der Waals surface area contributed by atoms with Crippen molar-refractivity contribution in [3.63, 3.8) is 0 Å². The lowest BCUT2D eigenvalue weighted by Gasteiger charge is -2.23. The van der Waals surface area contributed by atoms with E-state index in [-0.39, 0.29) is 24.2 Å². The molecule has 37 heavy (non-hydrogen) atoms. The van der Waals surface area contributed by atoms with Crippen LogP contribution in [0.3, 0.4) is 0 Å². The van der Waals surface area contributed by atoms with Crippen molar-refractivity contribution in [3.05, 3.63) is 93.2 Å². The maximum atomic E-state index is 13.6. The molecule has 2 aliphatic rings. The molecule has 3 heterocycles. The maximum Gasteiger partial charge on any atom is 0.258 e. The number of rotatable bonds is 4. The number of pyridine rings is 1. The van der Waals surface area contributed by atoms with Crippen molar-refractivity contribution in [3.8, 4) is 22.6 Å². The summed E-state index contributed by atoms with van der Waals surface area (Å²) in [6, 6.07) is 20.4. The number of halogens is 1. The minimum atomic E-state index is -0.391. The fraction of sp³-hybridized carbons (Fsp3) is 0.207. The van der Waals surface area contributed by atoms with Gasteiger partial charge in [0.2, 0.25) is 12.7 Å². The Hall–Kier alpha value is -4.10. The van der Waals surface area contributed by atoms with Crippen LogP contribution in [0.1, 0.15) is 37.4 Å². The predicted octanol–water partition coefficient (Wildman–Crippen LogP) is 5.91. The van der Waals surface area contributed by atoms with E-state index in [9.17, 15) is 9.59 Å². The Bertz CT molecular complexity index is 1630. The van der Waals surface area contributed by atoms with Gasteiger partial charge in [-0.15, -0.1) is 0 Å². The molecular weight excluding hydrogens is 490 g/mol. The number of hydrogen-bond donors (Lipinski definition) is 1. The minimum absolute atomic E-state index is 0.126. The van der Waals surface area contributed by atoms with Gasteiger partial charge >= 0.3 is 0 Å². The van der Waals surface area contributed by atoms with Gasteiger partial charge in [-0.1, -0.05) is 61.8 Å². The highest BCUT2D eigenvalue weighted by molar-refractivity contribution is 6.31. The van der Waals surface area contributed by atoms with Gasteiger partial charge in [0.15, 0.2) is 11.5 Å². The molecule has 0 saturated heterocycles. The summed E-state index contributed by atoms with van der Waals surface area (Å²) in [5.41, 5.74) is 3.85. The number of ether oxygens (including phenoxy) is 2. The summed E-state index contributed by atoms with van der Waals surface area (Å²) in [6.07, 6.45) is 0.368. The van der Waals surface area contributed by atoms with Crippen LogP contribution in [0, 0.1) is 5.92 Å². The number of aromatic amines is 1. The van der Waals surface area contributed by atoms with Gasteiger partial charge in [0.25, 0.3) is 5.56 Å². The number of hydrogen-bond acceptors (Lipinski definition) is 5. The standard InChI is InChI=1S/C29H24ClN3O4/c1-16(2)29(35)33-23(18-8-11-24-25(12-18)37-15-36-24)14-22(32-33)27-26(17-6-4-3-5-7-17)20-13-19(30)9-10-21(20)31-28(27)34/h3-13,16,23H,14-15H2,1-2H3,(H,31,34). The minimum Gasteiger partial charge on any atom is -0.454 e. The van der Waals surface area contributed by atoms with Crippen molar-refractivity contribution in [2.24, 2.45) is 11.0 Å². The highest BCUT2D eigenvalue weighted by Gasteiger charge is 2.37. The summed E-state index contributed by atoms with van der Waals surface area (Å²) in [5, 5.41) is 7.66. The molecule has 8 heteroatoms. The van der Waals surface area contributed by atoms with Crippen LogP contribution in [-0.2, 0) is 4.79 Å². The van der Waals surface area contributed by atoms with E-state index in [4.69, 9.17) is 26.2 Å². The number of aromatic nitrogens is 1. The second-order valence-electron chi connectivity index (χ2n) is 9.48. The van der Waals surface area contributed by atoms with Crippen molar-refractivity contribution >= 4 is 34.1 Å². The van der Waals surface area contributed by atoms with E-state index >= 15 is 0 Å². The lowest BCUT2D eigenvalue weighted by molar-refractivity contribution is -0.136. The molecule has 1 aromatic heterocycles. The maximum absolute atomic E-state index is 13.6. The zero-order valence-corrected chi connectivity index (χ0v) is 21.1. The third-order valence-electron chi connectivity index (χ3n) is 6.74. The second-order valence-corrected chi connectivity index (χ2v) is 9.91. The Morgan fingerprint density at radius 1 is 1.03 bits per heavy atom. The fourth-order valence-corrected chi connectivity index (χ4v) is 5.13. The molecule has 0 spiro atoms. The van der Waals surface area contributed by atoms with Crippen LogP contribution in [0.25, 0.3) is 22.0 Å². The van der Waals surface area contributed by atoms with Crippen LogP contribution >= 0.6 is 11.6 Å². The largest absolute Gasteiger partial charge is 0.454 e. The van der Waals surface area contributed by atoms with Gasteiger partial charge in [-0.25, -0.2) is 5.01 Å². The van der Waals surface area contributed by atoms with Crippen molar-refractivity contribution in [2.45, 2.75) is 26.3 Å². The van der Waals surface area contributed by atoms with Gasteiger partial charge in [0, 0.05) is 33.8 Å². The first kappa shape index (κ1) is 23.3. The predicted molar refractivity (Wildman–Crippen MR) is 143 cm³/mol. The molecule has 1 amide bonds.